The Kier molecular flexibility index (Phi) is 12.2. The van der Waals surface area contributed by atoms with Crippen molar-refractivity contribution in [3.63, 3.8) is 0 Å². The molecule has 8 nitrogen and oxygen atoms in total. The number of benzene rings is 5. The maximum atomic E-state index is 12.6. The van der Waals surface area contributed by atoms with Crippen LogP contribution in [0.15, 0.2) is 132 Å². The topological polar surface area (TPSA) is 109 Å². The number of aliphatic hydroxyl groups excluding tert-OH is 1. The number of urea groups is 1. The molecule has 0 saturated carbocycles. The van der Waals surface area contributed by atoms with Crippen LogP contribution in [-0.2, 0) is 34.0 Å². The zero-order valence-electron chi connectivity index (χ0n) is 28.8. The molecule has 0 aliphatic carbocycles. The molecule has 5 aromatic rings. The molecule has 0 radical (unpaired) electrons. The number of rotatable bonds is 12. The lowest BCUT2D eigenvalue weighted by molar-refractivity contribution is -0.268. The molecule has 9 heteroatoms. The van der Waals surface area contributed by atoms with E-state index in [0.717, 1.165) is 49.5 Å². The molecule has 1 aliphatic heterocycles. The van der Waals surface area contributed by atoms with Crippen molar-refractivity contribution in [3.8, 4) is 11.1 Å². The summed E-state index contributed by atoms with van der Waals surface area (Å²) in [4.78, 5) is 25.1. The van der Waals surface area contributed by atoms with E-state index >= 15 is 0 Å². The number of aliphatic hydroxyl groups is 1. The fraction of sp³-hybridized carbons (Fsp3) is 0.238. The van der Waals surface area contributed by atoms with Crippen LogP contribution >= 0.6 is 11.8 Å². The second-order valence-corrected chi connectivity index (χ2v) is 13.7. The smallest absolute Gasteiger partial charge is 0.315 e. The standard InChI is InChI=1S/C42H43N3O5S/c1-28-39(27-51-37-22-20-36(21-23-37)45-29(2)47)49-41(50-40(28)33-14-12-31(26-46)13-15-33)34-18-16-32(17-19-34)38-11-7-6-10-35(38)25-44-42(48)43-24-30-8-4-3-5-9-30/h3-23,28,39-41,46H,24-27H2,1-2H3,(H,45,47)(H2,43,44,48)/t28-,39+,40+,41+/m0/s1. The summed E-state index contributed by atoms with van der Waals surface area (Å²) >= 11 is 1.71. The number of carbonyl (C=O) groups excluding carboxylic acids is 2. The summed E-state index contributed by atoms with van der Waals surface area (Å²) in [6.45, 7) is 4.48. The van der Waals surface area contributed by atoms with Gasteiger partial charge in [0.1, 0.15) is 0 Å². The van der Waals surface area contributed by atoms with Gasteiger partial charge in [-0.05, 0) is 57.6 Å². The highest BCUT2D eigenvalue weighted by Gasteiger charge is 2.38. The molecule has 0 spiro atoms. The number of hydrogen-bond donors (Lipinski definition) is 4. The van der Waals surface area contributed by atoms with E-state index < -0.39 is 6.29 Å². The number of amides is 3. The third kappa shape index (κ3) is 9.65. The van der Waals surface area contributed by atoms with Gasteiger partial charge in [-0.1, -0.05) is 110 Å². The van der Waals surface area contributed by atoms with Gasteiger partial charge in [-0.15, -0.1) is 11.8 Å². The fourth-order valence-electron chi connectivity index (χ4n) is 6.12. The molecule has 0 unspecified atom stereocenters. The predicted octanol–water partition coefficient (Wildman–Crippen LogP) is 8.39. The average molecular weight is 702 g/mol. The van der Waals surface area contributed by atoms with Crippen LogP contribution in [0.5, 0.6) is 0 Å². The largest absolute Gasteiger partial charge is 0.392 e. The maximum Gasteiger partial charge on any atom is 0.315 e. The maximum absolute atomic E-state index is 12.6. The average Bonchev–Trinajstić information content (AvgIpc) is 3.17. The van der Waals surface area contributed by atoms with Gasteiger partial charge in [-0.2, -0.15) is 0 Å². The Bertz CT molecular complexity index is 1890. The molecule has 4 atom stereocenters. The van der Waals surface area contributed by atoms with Crippen LogP contribution in [0.1, 0.15) is 54.1 Å². The van der Waals surface area contributed by atoms with E-state index in [2.05, 4.69) is 41.1 Å². The Morgan fingerprint density at radius 3 is 2.10 bits per heavy atom. The zero-order valence-corrected chi connectivity index (χ0v) is 29.6. The molecule has 1 aliphatic rings. The van der Waals surface area contributed by atoms with E-state index in [-0.39, 0.29) is 36.7 Å². The minimum absolute atomic E-state index is 0.0138. The van der Waals surface area contributed by atoms with Crippen LogP contribution in [0, 0.1) is 5.92 Å². The van der Waals surface area contributed by atoms with E-state index in [1.807, 2.05) is 109 Å². The molecule has 1 saturated heterocycles. The summed E-state index contributed by atoms with van der Waals surface area (Å²) in [7, 11) is 0. The van der Waals surface area contributed by atoms with Crippen LogP contribution in [0.4, 0.5) is 10.5 Å². The summed E-state index contributed by atoms with van der Waals surface area (Å²) in [6.07, 6.45) is -0.926. The van der Waals surface area contributed by atoms with Crippen molar-refractivity contribution < 1.29 is 24.2 Å². The van der Waals surface area contributed by atoms with Gasteiger partial charge in [0.15, 0.2) is 6.29 Å². The third-order valence-corrected chi connectivity index (χ3v) is 10.1. The number of ether oxygens (including phenoxy) is 2. The van der Waals surface area contributed by atoms with E-state index in [1.54, 1.807) is 11.8 Å². The van der Waals surface area contributed by atoms with Crippen molar-refractivity contribution in [2.45, 2.75) is 56.9 Å². The molecule has 0 bridgehead atoms. The van der Waals surface area contributed by atoms with E-state index in [9.17, 15) is 14.7 Å². The number of thioether (sulfide) groups is 1. The lowest BCUT2D eigenvalue weighted by Crippen LogP contribution is -2.38. The van der Waals surface area contributed by atoms with Gasteiger partial charge in [-0.25, -0.2) is 4.79 Å². The summed E-state index contributed by atoms with van der Waals surface area (Å²) in [5, 5.41) is 18.3. The number of anilines is 1. The van der Waals surface area contributed by atoms with Gasteiger partial charge in [0.2, 0.25) is 5.91 Å². The highest BCUT2D eigenvalue weighted by atomic mass is 32.2. The van der Waals surface area contributed by atoms with Crippen molar-refractivity contribution in [3.05, 3.63) is 155 Å². The first kappa shape index (κ1) is 35.9. The van der Waals surface area contributed by atoms with Crippen molar-refractivity contribution in [1.82, 2.24) is 10.6 Å². The van der Waals surface area contributed by atoms with Crippen molar-refractivity contribution in [2.24, 2.45) is 5.92 Å². The Morgan fingerprint density at radius 1 is 0.725 bits per heavy atom. The first-order valence-corrected chi connectivity index (χ1v) is 18.1. The second kappa shape index (κ2) is 17.3. The Hall–Kier alpha value is -4.93. The predicted molar refractivity (Wildman–Crippen MR) is 202 cm³/mol. The lowest BCUT2D eigenvalue weighted by atomic mass is 9.91. The van der Waals surface area contributed by atoms with Gasteiger partial charge in [0, 0.05) is 47.8 Å². The minimum Gasteiger partial charge on any atom is -0.392 e. The molecule has 51 heavy (non-hydrogen) atoms. The Morgan fingerprint density at radius 2 is 1.39 bits per heavy atom. The van der Waals surface area contributed by atoms with Crippen LogP contribution in [0.25, 0.3) is 11.1 Å². The summed E-state index contributed by atoms with van der Waals surface area (Å²) < 4.78 is 13.4. The molecule has 1 fully saturated rings. The molecule has 6 rings (SSSR count). The Balaban J connectivity index is 1.16. The lowest BCUT2D eigenvalue weighted by Gasteiger charge is -2.41. The highest BCUT2D eigenvalue weighted by Crippen LogP contribution is 2.43. The quantitative estimate of drug-likeness (QED) is 0.0974. The van der Waals surface area contributed by atoms with Gasteiger partial charge in [0.05, 0.1) is 18.8 Å². The third-order valence-electron chi connectivity index (χ3n) is 8.96. The minimum atomic E-state index is -0.587. The molecule has 1 heterocycles. The van der Waals surface area contributed by atoms with Crippen LogP contribution in [0.2, 0.25) is 0 Å². The normalized spacial score (nSPS) is 18.5. The number of hydrogen-bond acceptors (Lipinski definition) is 6. The number of carbonyl (C=O) groups is 2. The summed E-state index contributed by atoms with van der Waals surface area (Å²) in [5.74, 6) is 0.664. The number of nitrogens with one attached hydrogen (secondary N) is 3. The second-order valence-electron chi connectivity index (χ2n) is 12.6. The van der Waals surface area contributed by atoms with Crippen molar-refractivity contribution >= 4 is 29.4 Å². The van der Waals surface area contributed by atoms with Gasteiger partial charge in [0.25, 0.3) is 0 Å². The molecular weight excluding hydrogens is 659 g/mol. The van der Waals surface area contributed by atoms with Crippen LogP contribution < -0.4 is 16.0 Å². The fourth-order valence-corrected chi connectivity index (χ4v) is 7.19. The molecular formula is C42H43N3O5S. The van der Waals surface area contributed by atoms with E-state index in [4.69, 9.17) is 9.47 Å². The van der Waals surface area contributed by atoms with E-state index in [1.165, 1.54) is 6.92 Å². The van der Waals surface area contributed by atoms with Crippen LogP contribution in [-0.4, -0.2) is 28.9 Å². The van der Waals surface area contributed by atoms with Crippen molar-refractivity contribution in [2.75, 3.05) is 11.1 Å². The van der Waals surface area contributed by atoms with Gasteiger partial charge in [-0.3, -0.25) is 4.79 Å². The zero-order chi connectivity index (χ0) is 35.6. The van der Waals surface area contributed by atoms with Gasteiger partial charge >= 0.3 is 6.03 Å². The first-order chi connectivity index (χ1) is 24.9. The monoisotopic (exact) mass is 701 g/mol. The highest BCUT2D eigenvalue weighted by molar-refractivity contribution is 7.99. The van der Waals surface area contributed by atoms with E-state index in [0.29, 0.717) is 18.8 Å². The van der Waals surface area contributed by atoms with Crippen molar-refractivity contribution in [1.29, 1.82) is 0 Å². The summed E-state index contributed by atoms with van der Waals surface area (Å²) in [6, 6.07) is 41.6. The molecule has 4 N–H and O–H groups in total. The first-order valence-electron chi connectivity index (χ1n) is 17.1. The Labute approximate surface area is 303 Å². The summed E-state index contributed by atoms with van der Waals surface area (Å²) in [5.41, 5.74) is 7.67. The molecule has 262 valence electrons. The molecule has 5 aromatic carbocycles. The molecule has 3 amide bonds. The van der Waals surface area contributed by atoms with Gasteiger partial charge < -0.3 is 30.5 Å². The SMILES string of the molecule is CC(=O)Nc1ccc(SC[C@H]2O[C@@H](c3ccc(-c4ccccc4CNC(=O)NCc4ccccc4)cc3)O[C@@H](c3ccc(CO)cc3)[C@H]2C)cc1. The molecule has 0 aromatic heterocycles. The van der Waals surface area contributed by atoms with Crippen LogP contribution in [0.3, 0.4) is 0 Å².